The van der Waals surface area contributed by atoms with Gasteiger partial charge in [0.15, 0.2) is 0 Å². The molecule has 0 fully saturated rings. The molecule has 0 aliphatic heterocycles. The van der Waals surface area contributed by atoms with Crippen molar-refractivity contribution in [3.63, 3.8) is 0 Å². The average Bonchev–Trinajstić information content (AvgIpc) is 3.11. The van der Waals surface area contributed by atoms with E-state index in [0.29, 0.717) is 6.42 Å². The molecule has 0 radical (unpaired) electrons. The number of carbonyl (C=O) groups is 3. The van der Waals surface area contributed by atoms with E-state index in [0.717, 1.165) is 22.3 Å². The van der Waals surface area contributed by atoms with Gasteiger partial charge in [-0.1, -0.05) is 82.6 Å². The highest BCUT2D eigenvalue weighted by Gasteiger charge is 2.34. The quantitative estimate of drug-likeness (QED) is 0.503. The predicted octanol–water partition coefficient (Wildman–Crippen LogP) is 4.56. The average molecular weight is 467 g/mol. The molecule has 3 N–H and O–H groups in total. The van der Waals surface area contributed by atoms with E-state index < -0.39 is 23.5 Å². The van der Waals surface area contributed by atoms with Gasteiger partial charge in [0, 0.05) is 18.9 Å². The molecule has 0 aromatic heterocycles. The van der Waals surface area contributed by atoms with Gasteiger partial charge in [-0.3, -0.25) is 9.59 Å². The largest absolute Gasteiger partial charge is 0.481 e. The molecular formula is C27H34N2O5. The van der Waals surface area contributed by atoms with Crippen molar-refractivity contribution in [1.29, 1.82) is 0 Å². The fourth-order valence-electron chi connectivity index (χ4n) is 4.39. The van der Waals surface area contributed by atoms with Crippen LogP contribution in [0.3, 0.4) is 0 Å². The smallest absolute Gasteiger partial charge is 0.407 e. The molecule has 182 valence electrons. The molecule has 1 aliphatic rings. The number of rotatable bonds is 9. The number of hydrogen-bond donors (Lipinski definition) is 3. The maximum Gasteiger partial charge on any atom is 0.407 e. The van der Waals surface area contributed by atoms with Gasteiger partial charge in [-0.2, -0.15) is 0 Å². The molecule has 34 heavy (non-hydrogen) atoms. The third kappa shape index (κ3) is 5.95. The van der Waals surface area contributed by atoms with E-state index in [-0.39, 0.29) is 37.3 Å². The second-order valence-corrected chi connectivity index (χ2v) is 9.89. The number of aliphatic carboxylic acids is 1. The maximum absolute atomic E-state index is 12.9. The number of ether oxygens (including phenoxy) is 1. The summed E-state index contributed by atoms with van der Waals surface area (Å²) in [4.78, 5) is 36.6. The number of carbonyl (C=O) groups excluding carboxylic acids is 2. The lowest BCUT2D eigenvalue weighted by atomic mass is 9.86. The Balaban J connectivity index is 1.64. The Morgan fingerprint density at radius 3 is 2.06 bits per heavy atom. The van der Waals surface area contributed by atoms with Crippen LogP contribution in [-0.4, -0.2) is 42.3 Å². The predicted molar refractivity (Wildman–Crippen MR) is 130 cm³/mol. The van der Waals surface area contributed by atoms with Gasteiger partial charge in [0.25, 0.3) is 0 Å². The number of carboxylic acids is 1. The van der Waals surface area contributed by atoms with Gasteiger partial charge in [-0.15, -0.1) is 0 Å². The molecule has 2 atom stereocenters. The van der Waals surface area contributed by atoms with Crippen LogP contribution in [0, 0.1) is 11.3 Å². The summed E-state index contributed by atoms with van der Waals surface area (Å²) >= 11 is 0. The summed E-state index contributed by atoms with van der Waals surface area (Å²) in [6.07, 6.45) is -0.0434. The highest BCUT2D eigenvalue weighted by atomic mass is 16.5. The Kier molecular flexibility index (Phi) is 7.97. The van der Waals surface area contributed by atoms with Crippen molar-refractivity contribution in [2.45, 2.75) is 52.5 Å². The lowest BCUT2D eigenvalue weighted by molar-refractivity contribution is -0.138. The first kappa shape index (κ1) is 25.3. The van der Waals surface area contributed by atoms with E-state index in [1.165, 1.54) is 0 Å². The Morgan fingerprint density at radius 2 is 1.56 bits per heavy atom. The number of fused-ring (bicyclic) bond motifs is 3. The third-order valence-corrected chi connectivity index (χ3v) is 6.34. The van der Waals surface area contributed by atoms with E-state index in [1.54, 1.807) is 0 Å². The molecule has 0 saturated carbocycles. The van der Waals surface area contributed by atoms with E-state index in [1.807, 2.05) is 64.1 Å². The van der Waals surface area contributed by atoms with Crippen molar-refractivity contribution in [3.05, 3.63) is 59.7 Å². The van der Waals surface area contributed by atoms with Crippen molar-refractivity contribution in [3.8, 4) is 11.1 Å². The molecular weight excluding hydrogens is 432 g/mol. The standard InChI is InChI=1S/C27H34N2O5/c1-5-17(14-23(30)31)15-28-25(32)24(27(2,3)4)29-26(33)34-16-22-20-12-8-6-10-18(20)19-11-7-9-13-21(19)22/h6-13,17,22,24H,5,14-16H2,1-4H3,(H,28,32)(H,29,33)(H,30,31)/t17?,24-/m0/s1. The second kappa shape index (κ2) is 10.7. The fourth-order valence-corrected chi connectivity index (χ4v) is 4.39. The minimum Gasteiger partial charge on any atom is -0.481 e. The molecule has 1 unspecified atom stereocenters. The van der Waals surface area contributed by atoms with Gasteiger partial charge < -0.3 is 20.5 Å². The highest BCUT2D eigenvalue weighted by Crippen LogP contribution is 2.44. The molecule has 7 nitrogen and oxygen atoms in total. The van der Waals surface area contributed by atoms with E-state index in [2.05, 4.69) is 22.8 Å². The van der Waals surface area contributed by atoms with Crippen LogP contribution in [0.15, 0.2) is 48.5 Å². The molecule has 2 amide bonds. The topological polar surface area (TPSA) is 105 Å². The lowest BCUT2D eigenvalue weighted by Crippen LogP contribution is -2.54. The van der Waals surface area contributed by atoms with Crippen LogP contribution in [0.1, 0.15) is 57.6 Å². The summed E-state index contributed by atoms with van der Waals surface area (Å²) in [6, 6.07) is 15.4. The summed E-state index contributed by atoms with van der Waals surface area (Å²) in [5.41, 5.74) is 3.96. The van der Waals surface area contributed by atoms with Crippen molar-refractivity contribution >= 4 is 18.0 Å². The minimum atomic E-state index is -0.898. The summed E-state index contributed by atoms with van der Waals surface area (Å²) in [7, 11) is 0. The van der Waals surface area contributed by atoms with E-state index in [4.69, 9.17) is 9.84 Å². The molecule has 2 aromatic carbocycles. The first-order valence-electron chi connectivity index (χ1n) is 11.7. The monoisotopic (exact) mass is 466 g/mol. The van der Waals surface area contributed by atoms with Crippen LogP contribution < -0.4 is 10.6 Å². The van der Waals surface area contributed by atoms with Crippen LogP contribution in [0.5, 0.6) is 0 Å². The Hall–Kier alpha value is -3.35. The number of alkyl carbamates (subject to hydrolysis) is 1. The fraction of sp³-hybridized carbons (Fsp3) is 0.444. The van der Waals surface area contributed by atoms with Crippen molar-refractivity contribution in [2.75, 3.05) is 13.2 Å². The van der Waals surface area contributed by atoms with Gasteiger partial charge in [0.1, 0.15) is 12.6 Å². The molecule has 0 saturated heterocycles. The molecule has 0 spiro atoms. The molecule has 7 heteroatoms. The maximum atomic E-state index is 12.9. The van der Waals surface area contributed by atoms with Gasteiger partial charge >= 0.3 is 12.1 Å². The molecule has 3 rings (SSSR count). The minimum absolute atomic E-state index is 0.0171. The van der Waals surface area contributed by atoms with Gasteiger partial charge in [-0.25, -0.2) is 4.79 Å². The normalized spacial score (nSPS) is 14.5. The van der Waals surface area contributed by atoms with Crippen LogP contribution in [0.2, 0.25) is 0 Å². The first-order valence-corrected chi connectivity index (χ1v) is 11.7. The van der Waals surface area contributed by atoms with Crippen molar-refractivity contribution in [2.24, 2.45) is 11.3 Å². The third-order valence-electron chi connectivity index (χ3n) is 6.34. The SMILES string of the molecule is CCC(CNC(=O)[C@H](NC(=O)OCC1c2ccccc2-c2ccccc21)C(C)(C)C)CC(=O)O. The van der Waals surface area contributed by atoms with Crippen LogP contribution >= 0.6 is 0 Å². The van der Waals surface area contributed by atoms with Gasteiger partial charge in [-0.05, 0) is 33.6 Å². The summed E-state index contributed by atoms with van der Waals surface area (Å²) in [5, 5.41) is 14.5. The van der Waals surface area contributed by atoms with Crippen LogP contribution in [0.25, 0.3) is 11.1 Å². The van der Waals surface area contributed by atoms with Crippen molar-refractivity contribution < 1.29 is 24.2 Å². The van der Waals surface area contributed by atoms with E-state index >= 15 is 0 Å². The zero-order valence-corrected chi connectivity index (χ0v) is 20.3. The Labute approximate surface area is 200 Å². The van der Waals surface area contributed by atoms with E-state index in [9.17, 15) is 14.4 Å². The highest BCUT2D eigenvalue weighted by molar-refractivity contribution is 5.86. The summed E-state index contributed by atoms with van der Waals surface area (Å²) in [6.45, 7) is 7.85. The second-order valence-electron chi connectivity index (χ2n) is 9.89. The molecule has 2 aromatic rings. The Bertz CT molecular complexity index is 998. The zero-order chi connectivity index (χ0) is 24.9. The summed E-state index contributed by atoms with van der Waals surface area (Å²) < 4.78 is 5.61. The number of amides is 2. The van der Waals surface area contributed by atoms with Crippen LogP contribution in [0.4, 0.5) is 4.79 Å². The summed E-state index contributed by atoms with van der Waals surface area (Å²) in [5.74, 6) is -1.49. The molecule has 0 heterocycles. The number of nitrogens with one attached hydrogen (secondary N) is 2. The first-order chi connectivity index (χ1) is 16.1. The van der Waals surface area contributed by atoms with Crippen LogP contribution in [-0.2, 0) is 14.3 Å². The zero-order valence-electron chi connectivity index (χ0n) is 20.3. The molecule has 1 aliphatic carbocycles. The van der Waals surface area contributed by atoms with Crippen molar-refractivity contribution in [1.82, 2.24) is 10.6 Å². The number of carboxylic acid groups (broad SMARTS) is 1. The lowest BCUT2D eigenvalue weighted by Gasteiger charge is -2.30. The Morgan fingerprint density at radius 1 is 1.00 bits per heavy atom. The van der Waals surface area contributed by atoms with Gasteiger partial charge in [0.2, 0.25) is 5.91 Å². The van der Waals surface area contributed by atoms with Gasteiger partial charge in [0.05, 0.1) is 0 Å². The number of hydrogen-bond acceptors (Lipinski definition) is 4. The number of benzene rings is 2. The molecule has 0 bridgehead atoms.